The van der Waals surface area contributed by atoms with Crippen molar-refractivity contribution in [2.75, 3.05) is 17.3 Å². The van der Waals surface area contributed by atoms with Gasteiger partial charge in [-0.2, -0.15) is 18.2 Å². The fraction of sp³-hybridized carbons (Fsp3) is 0.238. The molecule has 0 fully saturated rings. The summed E-state index contributed by atoms with van der Waals surface area (Å²) in [7, 11) is 1.55. The van der Waals surface area contributed by atoms with Gasteiger partial charge < -0.3 is 10.2 Å². The lowest BCUT2D eigenvalue weighted by Crippen LogP contribution is -2.19. The van der Waals surface area contributed by atoms with Gasteiger partial charge in [0.05, 0.1) is 0 Å². The minimum Gasteiger partial charge on any atom is -0.329 e. The average Bonchev–Trinajstić information content (AvgIpc) is 2.69. The molecule has 1 aromatic heterocycles. The van der Waals surface area contributed by atoms with Crippen molar-refractivity contribution in [3.05, 3.63) is 71.9 Å². The molecule has 28 heavy (non-hydrogen) atoms. The van der Waals surface area contributed by atoms with E-state index in [4.69, 9.17) is 0 Å². The van der Waals surface area contributed by atoms with E-state index in [1.807, 2.05) is 24.3 Å². The summed E-state index contributed by atoms with van der Waals surface area (Å²) in [5.41, 5.74) is 1.63. The molecule has 0 saturated heterocycles. The number of rotatable bonds is 6. The van der Waals surface area contributed by atoms with E-state index in [0.717, 1.165) is 19.0 Å². The SMILES string of the molecule is CCCc1ccc(Nc2ncc(C(F)(F)F)c(N(C)c3ccccc3)n2)cc1. The maximum atomic E-state index is 13.5. The minimum atomic E-state index is -4.56. The van der Waals surface area contributed by atoms with E-state index in [0.29, 0.717) is 11.4 Å². The number of aromatic nitrogens is 2. The molecule has 2 aromatic carbocycles. The van der Waals surface area contributed by atoms with Crippen LogP contribution in [0.1, 0.15) is 24.5 Å². The molecule has 0 bridgehead atoms. The predicted octanol–water partition coefficient (Wildman–Crippen LogP) is 5.96. The molecule has 0 unspecified atom stereocenters. The van der Waals surface area contributed by atoms with Crippen LogP contribution in [0.15, 0.2) is 60.8 Å². The van der Waals surface area contributed by atoms with Gasteiger partial charge in [0.2, 0.25) is 5.95 Å². The highest BCUT2D eigenvalue weighted by Crippen LogP contribution is 2.37. The van der Waals surface area contributed by atoms with Gasteiger partial charge in [0.25, 0.3) is 0 Å². The van der Waals surface area contributed by atoms with Crippen molar-refractivity contribution < 1.29 is 13.2 Å². The summed E-state index contributed by atoms with van der Waals surface area (Å²) < 4.78 is 40.4. The molecule has 146 valence electrons. The van der Waals surface area contributed by atoms with Crippen LogP contribution in [0.5, 0.6) is 0 Å². The van der Waals surface area contributed by atoms with Gasteiger partial charge in [-0.05, 0) is 36.2 Å². The Labute approximate surface area is 162 Å². The van der Waals surface area contributed by atoms with Crippen molar-refractivity contribution in [3.63, 3.8) is 0 Å². The Morgan fingerprint density at radius 3 is 2.29 bits per heavy atom. The molecule has 7 heteroatoms. The van der Waals surface area contributed by atoms with Gasteiger partial charge in [-0.15, -0.1) is 0 Å². The van der Waals surface area contributed by atoms with Crippen molar-refractivity contribution in [1.82, 2.24) is 9.97 Å². The van der Waals surface area contributed by atoms with Crippen LogP contribution in [-0.2, 0) is 12.6 Å². The van der Waals surface area contributed by atoms with Crippen LogP contribution in [0.3, 0.4) is 0 Å². The van der Waals surface area contributed by atoms with Crippen molar-refractivity contribution in [2.24, 2.45) is 0 Å². The summed E-state index contributed by atoms with van der Waals surface area (Å²) in [6, 6.07) is 16.5. The lowest BCUT2D eigenvalue weighted by molar-refractivity contribution is -0.137. The van der Waals surface area contributed by atoms with Crippen LogP contribution in [0.25, 0.3) is 0 Å². The number of anilines is 4. The maximum Gasteiger partial charge on any atom is 0.421 e. The molecule has 4 nitrogen and oxygen atoms in total. The van der Waals surface area contributed by atoms with E-state index in [2.05, 4.69) is 22.2 Å². The maximum absolute atomic E-state index is 13.5. The molecule has 1 heterocycles. The van der Waals surface area contributed by atoms with Gasteiger partial charge in [0, 0.05) is 24.6 Å². The third-order valence-corrected chi connectivity index (χ3v) is 4.28. The monoisotopic (exact) mass is 386 g/mol. The molecule has 0 aliphatic heterocycles. The van der Waals surface area contributed by atoms with Crippen LogP contribution in [-0.4, -0.2) is 17.0 Å². The second-order valence-corrected chi connectivity index (χ2v) is 6.40. The molecule has 0 aliphatic rings. The number of nitrogens with zero attached hydrogens (tertiary/aromatic N) is 3. The van der Waals surface area contributed by atoms with Gasteiger partial charge >= 0.3 is 6.18 Å². The first-order chi connectivity index (χ1) is 13.4. The molecule has 1 N–H and O–H groups in total. The first-order valence-corrected chi connectivity index (χ1v) is 8.97. The summed E-state index contributed by atoms with van der Waals surface area (Å²) >= 11 is 0. The molecule has 3 aromatic rings. The van der Waals surface area contributed by atoms with Gasteiger partial charge in [-0.25, -0.2) is 4.98 Å². The first kappa shape index (κ1) is 19.7. The molecule has 0 amide bonds. The van der Waals surface area contributed by atoms with E-state index in [1.165, 1.54) is 10.5 Å². The summed E-state index contributed by atoms with van der Waals surface area (Å²) in [6.07, 6.45) is -1.72. The second kappa shape index (κ2) is 8.29. The number of para-hydroxylation sites is 1. The van der Waals surface area contributed by atoms with E-state index in [-0.39, 0.29) is 11.8 Å². The molecular weight excluding hydrogens is 365 g/mol. The lowest BCUT2D eigenvalue weighted by Gasteiger charge is -2.22. The highest BCUT2D eigenvalue weighted by atomic mass is 19.4. The zero-order valence-electron chi connectivity index (χ0n) is 15.7. The number of halogens is 3. The van der Waals surface area contributed by atoms with E-state index in [9.17, 15) is 13.2 Å². The Balaban J connectivity index is 1.93. The Hall–Kier alpha value is -3.09. The summed E-state index contributed by atoms with van der Waals surface area (Å²) in [5.74, 6) is -0.104. The Morgan fingerprint density at radius 1 is 1.00 bits per heavy atom. The van der Waals surface area contributed by atoms with E-state index < -0.39 is 11.7 Å². The highest BCUT2D eigenvalue weighted by Gasteiger charge is 2.36. The van der Waals surface area contributed by atoms with Crippen LogP contribution >= 0.6 is 0 Å². The second-order valence-electron chi connectivity index (χ2n) is 6.40. The van der Waals surface area contributed by atoms with Crippen LogP contribution < -0.4 is 10.2 Å². The zero-order chi connectivity index (χ0) is 20.1. The summed E-state index contributed by atoms with van der Waals surface area (Å²) in [6.45, 7) is 2.10. The molecule has 3 rings (SSSR count). The molecule has 0 saturated carbocycles. The fourth-order valence-corrected chi connectivity index (χ4v) is 2.84. The topological polar surface area (TPSA) is 41.1 Å². The zero-order valence-corrected chi connectivity index (χ0v) is 15.7. The summed E-state index contributed by atoms with van der Waals surface area (Å²) in [4.78, 5) is 9.42. The smallest absolute Gasteiger partial charge is 0.329 e. The number of aryl methyl sites for hydroxylation is 1. The predicted molar refractivity (Wildman–Crippen MR) is 105 cm³/mol. The Kier molecular flexibility index (Phi) is 5.82. The molecule has 0 atom stereocenters. The van der Waals surface area contributed by atoms with Gasteiger partial charge in [0.15, 0.2) is 5.82 Å². The van der Waals surface area contributed by atoms with Gasteiger partial charge in [-0.3, -0.25) is 0 Å². The lowest BCUT2D eigenvalue weighted by atomic mass is 10.1. The number of alkyl halides is 3. The number of hydrogen-bond donors (Lipinski definition) is 1. The number of hydrogen-bond acceptors (Lipinski definition) is 4. The third-order valence-electron chi connectivity index (χ3n) is 4.28. The van der Waals surface area contributed by atoms with Gasteiger partial charge in [-0.1, -0.05) is 43.7 Å². The van der Waals surface area contributed by atoms with Crippen molar-refractivity contribution in [3.8, 4) is 0 Å². The molecule has 0 aliphatic carbocycles. The van der Waals surface area contributed by atoms with Crippen LogP contribution in [0, 0.1) is 0 Å². The van der Waals surface area contributed by atoms with Gasteiger partial charge in [0.1, 0.15) is 5.56 Å². The molecular formula is C21H21F3N4. The average molecular weight is 386 g/mol. The Bertz CT molecular complexity index is 909. The standard InChI is InChI=1S/C21H21F3N4/c1-3-7-15-10-12-16(13-11-15)26-20-25-14-18(21(22,23)24)19(27-20)28(2)17-8-5-4-6-9-17/h4-6,8-14H,3,7H2,1-2H3,(H,25,26,27). The van der Waals surface area contributed by atoms with Crippen molar-refractivity contribution in [1.29, 1.82) is 0 Å². The molecule has 0 spiro atoms. The molecule has 0 radical (unpaired) electrons. The Morgan fingerprint density at radius 2 is 1.68 bits per heavy atom. The van der Waals surface area contributed by atoms with E-state index >= 15 is 0 Å². The fourth-order valence-electron chi connectivity index (χ4n) is 2.84. The summed E-state index contributed by atoms with van der Waals surface area (Å²) in [5, 5.41) is 2.98. The van der Waals surface area contributed by atoms with Crippen LogP contribution in [0.2, 0.25) is 0 Å². The third kappa shape index (κ3) is 4.60. The number of nitrogens with one attached hydrogen (secondary N) is 1. The highest BCUT2D eigenvalue weighted by molar-refractivity contribution is 5.65. The van der Waals surface area contributed by atoms with Crippen LogP contribution in [0.4, 0.5) is 36.3 Å². The minimum absolute atomic E-state index is 0.106. The first-order valence-electron chi connectivity index (χ1n) is 8.97. The van der Waals surface area contributed by atoms with E-state index in [1.54, 1.807) is 37.4 Å². The normalized spacial score (nSPS) is 11.3. The van der Waals surface area contributed by atoms with Crippen molar-refractivity contribution in [2.45, 2.75) is 25.9 Å². The van der Waals surface area contributed by atoms with Crippen molar-refractivity contribution >= 4 is 23.1 Å². The largest absolute Gasteiger partial charge is 0.421 e. The number of benzene rings is 2. The quantitative estimate of drug-likeness (QED) is 0.568.